The van der Waals surface area contributed by atoms with Gasteiger partial charge in [0.05, 0.1) is 11.7 Å². The zero-order chi connectivity index (χ0) is 27.0. The zero-order valence-electron chi connectivity index (χ0n) is 20.0. The Hall–Kier alpha value is -3.86. The number of imidazole rings is 1. The molecule has 3 aromatic rings. The maximum atomic E-state index is 12.6. The number of nitrogens with two attached hydrogens (primary N) is 1. The van der Waals surface area contributed by atoms with Crippen molar-refractivity contribution in [2.75, 3.05) is 0 Å². The third-order valence-corrected chi connectivity index (χ3v) is 5.13. The molecule has 6 N–H and O–H groups in total. The summed E-state index contributed by atoms with van der Waals surface area (Å²) in [6.45, 7) is 5.80. The monoisotopic (exact) mass is 506 g/mol. The van der Waals surface area contributed by atoms with Gasteiger partial charge in [0.15, 0.2) is 0 Å². The lowest BCUT2D eigenvalue weighted by Gasteiger charge is -2.24. The number of halogens is 3. The molecule has 36 heavy (non-hydrogen) atoms. The van der Waals surface area contributed by atoms with Crippen molar-refractivity contribution < 1.29 is 33.0 Å². The molecule has 1 heterocycles. The molecule has 0 spiro atoms. The molecule has 1 amide bonds. The van der Waals surface area contributed by atoms with Crippen molar-refractivity contribution in [1.82, 2.24) is 15.3 Å². The summed E-state index contributed by atoms with van der Waals surface area (Å²) in [6.07, 6.45) is -4.61. The van der Waals surface area contributed by atoms with Gasteiger partial charge in [-0.2, -0.15) is 13.2 Å². The SMILES string of the molecule is Cc1[nH]c(CC(c2ccc(O)cc2)C(N)C(=O)NC(C)C)nc1-c1ccccc1.O=C(O)C(F)(F)F. The second-order valence-electron chi connectivity index (χ2n) is 8.42. The normalized spacial score (nSPS) is 12.9. The van der Waals surface area contributed by atoms with E-state index in [0.29, 0.717) is 6.42 Å². The van der Waals surface area contributed by atoms with Crippen LogP contribution in [0.5, 0.6) is 5.75 Å². The van der Waals surface area contributed by atoms with Crippen LogP contribution in [0.3, 0.4) is 0 Å². The molecule has 0 saturated heterocycles. The fourth-order valence-corrected chi connectivity index (χ4v) is 3.44. The average molecular weight is 507 g/mol. The van der Waals surface area contributed by atoms with Crippen molar-refractivity contribution in [2.24, 2.45) is 5.73 Å². The molecule has 8 nitrogen and oxygen atoms in total. The van der Waals surface area contributed by atoms with Gasteiger partial charge in [0.25, 0.3) is 0 Å². The van der Waals surface area contributed by atoms with Gasteiger partial charge in [0.2, 0.25) is 5.91 Å². The number of aliphatic carboxylic acids is 1. The second kappa shape index (κ2) is 12.2. The van der Waals surface area contributed by atoms with E-state index in [2.05, 4.69) is 10.3 Å². The summed E-state index contributed by atoms with van der Waals surface area (Å²) in [4.78, 5) is 29.6. The Kier molecular flexibility index (Phi) is 9.62. The molecule has 11 heteroatoms. The highest BCUT2D eigenvalue weighted by Gasteiger charge is 2.38. The number of aromatic amines is 1. The lowest BCUT2D eigenvalue weighted by atomic mass is 9.88. The van der Waals surface area contributed by atoms with Gasteiger partial charge >= 0.3 is 12.1 Å². The minimum atomic E-state index is -5.08. The second-order valence-corrected chi connectivity index (χ2v) is 8.42. The van der Waals surface area contributed by atoms with Gasteiger partial charge in [0, 0.05) is 29.6 Å². The molecule has 0 aliphatic heterocycles. The van der Waals surface area contributed by atoms with E-state index < -0.39 is 18.2 Å². The van der Waals surface area contributed by atoms with Crippen LogP contribution in [0, 0.1) is 6.92 Å². The van der Waals surface area contributed by atoms with Gasteiger partial charge in [-0.3, -0.25) is 4.79 Å². The van der Waals surface area contributed by atoms with Crippen LogP contribution in [0.1, 0.15) is 36.8 Å². The van der Waals surface area contributed by atoms with Crippen molar-refractivity contribution in [3.63, 3.8) is 0 Å². The largest absolute Gasteiger partial charge is 0.508 e. The first-order valence-electron chi connectivity index (χ1n) is 11.1. The number of aromatic nitrogens is 2. The molecule has 0 saturated carbocycles. The number of carboxylic acids is 1. The van der Waals surface area contributed by atoms with E-state index in [0.717, 1.165) is 28.3 Å². The molecule has 3 rings (SSSR count). The molecule has 2 atom stereocenters. The summed E-state index contributed by atoms with van der Waals surface area (Å²) in [5, 5.41) is 19.6. The number of alkyl halides is 3. The molecule has 0 radical (unpaired) electrons. The van der Waals surface area contributed by atoms with Gasteiger partial charge < -0.3 is 26.2 Å². The van der Waals surface area contributed by atoms with E-state index in [9.17, 15) is 23.1 Å². The van der Waals surface area contributed by atoms with E-state index in [4.69, 9.17) is 20.6 Å². The molecule has 0 fully saturated rings. The number of aryl methyl sites for hydroxylation is 1. The number of carbonyl (C=O) groups excluding carboxylic acids is 1. The van der Waals surface area contributed by atoms with Crippen LogP contribution in [0.25, 0.3) is 11.3 Å². The van der Waals surface area contributed by atoms with Crippen LogP contribution in [-0.4, -0.2) is 50.3 Å². The maximum Gasteiger partial charge on any atom is 0.490 e. The quantitative estimate of drug-likeness (QED) is 0.329. The van der Waals surface area contributed by atoms with Crippen LogP contribution in [0.2, 0.25) is 0 Å². The molecule has 0 aliphatic rings. The van der Waals surface area contributed by atoms with E-state index in [1.165, 1.54) is 0 Å². The molecular weight excluding hydrogens is 477 g/mol. The Morgan fingerprint density at radius 2 is 1.64 bits per heavy atom. The molecule has 2 aromatic carbocycles. The van der Waals surface area contributed by atoms with E-state index in [1.807, 2.05) is 51.1 Å². The fraction of sp³-hybridized carbons (Fsp3) is 0.320. The van der Waals surface area contributed by atoms with Crippen LogP contribution >= 0.6 is 0 Å². The van der Waals surface area contributed by atoms with Gasteiger partial charge in [-0.1, -0.05) is 42.5 Å². The number of nitrogens with zero attached hydrogens (tertiary/aromatic N) is 1. The highest BCUT2D eigenvalue weighted by atomic mass is 19.4. The molecule has 1 aromatic heterocycles. The summed E-state index contributed by atoms with van der Waals surface area (Å²) in [7, 11) is 0. The van der Waals surface area contributed by atoms with Crippen molar-refractivity contribution in [3.05, 3.63) is 71.7 Å². The molecule has 2 unspecified atom stereocenters. The van der Waals surface area contributed by atoms with Crippen molar-refractivity contribution >= 4 is 11.9 Å². The summed E-state index contributed by atoms with van der Waals surface area (Å²) < 4.78 is 31.7. The van der Waals surface area contributed by atoms with Crippen LogP contribution in [-0.2, 0) is 16.0 Å². The number of rotatable bonds is 7. The molecule has 0 aliphatic carbocycles. The average Bonchev–Trinajstić information content (AvgIpc) is 3.17. The van der Waals surface area contributed by atoms with Gasteiger partial charge in [0.1, 0.15) is 11.6 Å². The van der Waals surface area contributed by atoms with Crippen LogP contribution < -0.4 is 11.1 Å². The van der Waals surface area contributed by atoms with Crippen LogP contribution in [0.15, 0.2) is 54.6 Å². The number of hydrogen-bond acceptors (Lipinski definition) is 5. The van der Waals surface area contributed by atoms with E-state index in [1.54, 1.807) is 24.3 Å². The predicted octanol–water partition coefficient (Wildman–Crippen LogP) is 3.90. The van der Waals surface area contributed by atoms with Crippen LogP contribution in [0.4, 0.5) is 13.2 Å². The van der Waals surface area contributed by atoms with E-state index >= 15 is 0 Å². The first-order valence-corrected chi connectivity index (χ1v) is 11.1. The summed E-state index contributed by atoms with van der Waals surface area (Å²) in [5.41, 5.74) is 10.1. The summed E-state index contributed by atoms with van der Waals surface area (Å²) in [5.74, 6) is -2.30. The third-order valence-electron chi connectivity index (χ3n) is 5.13. The Bertz CT molecular complexity index is 1150. The first kappa shape index (κ1) is 28.4. The minimum absolute atomic E-state index is 0.00422. The standard InChI is InChI=1S/C23H28N4O2.C2HF3O2/c1-14(2)25-23(29)21(24)19(16-9-11-18(28)12-10-16)13-20-26-15(3)22(27-20)17-7-5-4-6-8-17;3-2(4,5)1(6)7/h4-12,14,19,21,28H,13,24H2,1-3H3,(H,25,29)(H,26,27);(H,6,7). The Morgan fingerprint density at radius 3 is 2.14 bits per heavy atom. The number of aromatic hydroxyl groups is 1. The Morgan fingerprint density at radius 1 is 1.08 bits per heavy atom. The smallest absolute Gasteiger partial charge is 0.490 e. The van der Waals surface area contributed by atoms with Gasteiger partial charge in [-0.15, -0.1) is 0 Å². The lowest BCUT2D eigenvalue weighted by Crippen LogP contribution is -2.47. The van der Waals surface area contributed by atoms with Crippen molar-refractivity contribution in [1.29, 1.82) is 0 Å². The molecular formula is C25H29F3N4O4. The zero-order valence-corrected chi connectivity index (χ0v) is 20.0. The molecule has 0 bridgehead atoms. The summed E-state index contributed by atoms with van der Waals surface area (Å²) >= 11 is 0. The number of phenolic OH excluding ortho intramolecular Hbond substituents is 1. The number of carbonyl (C=O) groups is 2. The maximum absolute atomic E-state index is 12.6. The highest BCUT2D eigenvalue weighted by molar-refractivity contribution is 5.83. The number of carboxylic acid groups (broad SMARTS) is 1. The third kappa shape index (κ3) is 8.12. The number of benzene rings is 2. The first-order chi connectivity index (χ1) is 16.8. The minimum Gasteiger partial charge on any atom is -0.508 e. The number of hydrogen-bond donors (Lipinski definition) is 5. The number of nitrogens with one attached hydrogen (secondary N) is 2. The number of amides is 1. The topological polar surface area (TPSA) is 141 Å². The van der Waals surface area contributed by atoms with Gasteiger partial charge in [-0.25, -0.2) is 9.78 Å². The highest BCUT2D eigenvalue weighted by Crippen LogP contribution is 2.27. The lowest BCUT2D eigenvalue weighted by molar-refractivity contribution is -0.192. The Labute approximate surface area is 206 Å². The fourth-order valence-electron chi connectivity index (χ4n) is 3.44. The van der Waals surface area contributed by atoms with Gasteiger partial charge in [-0.05, 0) is 38.5 Å². The van der Waals surface area contributed by atoms with Crippen molar-refractivity contribution in [3.8, 4) is 17.0 Å². The van der Waals surface area contributed by atoms with E-state index in [-0.39, 0.29) is 23.6 Å². The number of H-pyrrole nitrogens is 1. The Balaban J connectivity index is 0.000000572. The molecule has 194 valence electrons. The van der Waals surface area contributed by atoms with Crippen molar-refractivity contribution in [2.45, 2.75) is 51.4 Å². The number of phenols is 1. The predicted molar refractivity (Wildman–Crippen MR) is 128 cm³/mol. The summed E-state index contributed by atoms with van der Waals surface area (Å²) in [6, 6.07) is 16.1.